The molecule has 2 heterocycles. The first kappa shape index (κ1) is 12.9. The third kappa shape index (κ3) is 1.70. The van der Waals surface area contributed by atoms with Crippen LogP contribution in [0.4, 0.5) is 5.69 Å². The number of carbonyl (C=O) groups is 1. The molecule has 0 aliphatic carbocycles. The smallest absolute Gasteiger partial charge is 0.264 e. The van der Waals surface area contributed by atoms with E-state index >= 15 is 0 Å². The Labute approximate surface area is 121 Å². The SMILES string of the molecule is C[C@@H]1C=CCCO[C@]12C(=O)N(C)c1cc(Br)ccc12. The maximum Gasteiger partial charge on any atom is 0.264 e. The van der Waals surface area contributed by atoms with Gasteiger partial charge in [0.25, 0.3) is 5.91 Å². The number of halogens is 1. The van der Waals surface area contributed by atoms with Crippen molar-refractivity contribution in [1.82, 2.24) is 0 Å². The van der Waals surface area contributed by atoms with Gasteiger partial charge in [0.15, 0.2) is 5.60 Å². The average molecular weight is 322 g/mol. The van der Waals surface area contributed by atoms with Gasteiger partial charge in [-0.25, -0.2) is 0 Å². The van der Waals surface area contributed by atoms with Gasteiger partial charge in [-0.05, 0) is 18.6 Å². The van der Waals surface area contributed by atoms with Crippen LogP contribution in [-0.2, 0) is 15.1 Å². The quantitative estimate of drug-likeness (QED) is 0.686. The summed E-state index contributed by atoms with van der Waals surface area (Å²) >= 11 is 3.46. The molecule has 3 nitrogen and oxygen atoms in total. The Morgan fingerprint density at radius 1 is 1.47 bits per heavy atom. The van der Waals surface area contributed by atoms with E-state index in [1.54, 1.807) is 4.90 Å². The van der Waals surface area contributed by atoms with E-state index in [2.05, 4.69) is 28.1 Å². The van der Waals surface area contributed by atoms with Crippen molar-refractivity contribution in [2.45, 2.75) is 18.9 Å². The molecule has 3 rings (SSSR count). The number of hydrogen-bond donors (Lipinski definition) is 0. The number of hydrogen-bond acceptors (Lipinski definition) is 2. The van der Waals surface area contributed by atoms with Crippen LogP contribution < -0.4 is 4.90 Å². The first-order valence-corrected chi connectivity index (χ1v) is 7.25. The summed E-state index contributed by atoms with van der Waals surface area (Å²) in [5, 5.41) is 0. The fraction of sp³-hybridized carbons (Fsp3) is 0.400. The molecule has 0 bridgehead atoms. The summed E-state index contributed by atoms with van der Waals surface area (Å²) < 4.78 is 7.02. The first-order chi connectivity index (χ1) is 9.07. The molecule has 0 aromatic heterocycles. The Balaban J connectivity index is 2.22. The predicted molar refractivity (Wildman–Crippen MR) is 78.1 cm³/mol. The van der Waals surface area contributed by atoms with Gasteiger partial charge in [0.05, 0.1) is 12.3 Å². The predicted octanol–water partition coefficient (Wildman–Crippen LogP) is 3.23. The Kier molecular flexibility index (Phi) is 3.02. The molecule has 2 aliphatic rings. The molecule has 1 aromatic rings. The molecule has 0 saturated carbocycles. The molecule has 2 atom stereocenters. The van der Waals surface area contributed by atoms with Crippen molar-refractivity contribution in [3.05, 3.63) is 40.4 Å². The molecule has 1 aromatic carbocycles. The number of ether oxygens (including phenoxy) is 1. The van der Waals surface area contributed by atoms with Gasteiger partial charge in [-0.15, -0.1) is 0 Å². The lowest BCUT2D eigenvalue weighted by Gasteiger charge is -2.31. The van der Waals surface area contributed by atoms with E-state index in [0.717, 1.165) is 22.1 Å². The molecule has 0 fully saturated rings. The highest BCUT2D eigenvalue weighted by Crippen LogP contribution is 2.48. The van der Waals surface area contributed by atoms with Gasteiger partial charge in [0, 0.05) is 23.0 Å². The van der Waals surface area contributed by atoms with Gasteiger partial charge in [0.2, 0.25) is 0 Å². The number of likely N-dealkylation sites (N-methyl/N-ethyl adjacent to an activating group) is 1. The number of nitrogens with zero attached hydrogens (tertiary/aromatic N) is 1. The van der Waals surface area contributed by atoms with Gasteiger partial charge in [-0.2, -0.15) is 0 Å². The minimum absolute atomic E-state index is 0.0275. The van der Waals surface area contributed by atoms with Crippen LogP contribution in [0, 0.1) is 5.92 Å². The number of benzene rings is 1. The fourth-order valence-electron chi connectivity index (χ4n) is 3.00. The van der Waals surface area contributed by atoms with Gasteiger partial charge in [0.1, 0.15) is 0 Å². The molecular formula is C15H16BrNO2. The minimum Gasteiger partial charge on any atom is -0.359 e. The van der Waals surface area contributed by atoms with Crippen LogP contribution >= 0.6 is 15.9 Å². The van der Waals surface area contributed by atoms with Crippen LogP contribution in [-0.4, -0.2) is 19.6 Å². The third-order valence-electron chi connectivity index (χ3n) is 4.02. The molecule has 19 heavy (non-hydrogen) atoms. The Morgan fingerprint density at radius 3 is 3.05 bits per heavy atom. The molecule has 2 aliphatic heterocycles. The molecular weight excluding hydrogens is 306 g/mol. The largest absolute Gasteiger partial charge is 0.359 e. The summed E-state index contributed by atoms with van der Waals surface area (Å²) in [5.74, 6) is 0.0621. The number of carbonyl (C=O) groups excluding carboxylic acids is 1. The summed E-state index contributed by atoms with van der Waals surface area (Å²) in [6.45, 7) is 2.63. The van der Waals surface area contributed by atoms with Crippen molar-refractivity contribution in [2.24, 2.45) is 5.92 Å². The van der Waals surface area contributed by atoms with Crippen LogP contribution in [0.2, 0.25) is 0 Å². The second-order valence-electron chi connectivity index (χ2n) is 5.12. The van der Waals surface area contributed by atoms with E-state index < -0.39 is 5.60 Å². The second kappa shape index (κ2) is 4.46. The van der Waals surface area contributed by atoms with Crippen LogP contribution in [0.5, 0.6) is 0 Å². The zero-order valence-corrected chi connectivity index (χ0v) is 12.6. The van der Waals surface area contributed by atoms with Crippen molar-refractivity contribution in [3.8, 4) is 0 Å². The van der Waals surface area contributed by atoms with E-state index in [1.165, 1.54) is 0 Å². The van der Waals surface area contributed by atoms with Gasteiger partial charge in [-0.3, -0.25) is 4.79 Å². The Hall–Kier alpha value is -1.13. The number of rotatable bonds is 0. The summed E-state index contributed by atoms with van der Waals surface area (Å²) in [6.07, 6.45) is 5.05. The van der Waals surface area contributed by atoms with Crippen LogP contribution in [0.1, 0.15) is 18.9 Å². The summed E-state index contributed by atoms with van der Waals surface area (Å²) in [6, 6.07) is 5.95. The van der Waals surface area contributed by atoms with Gasteiger partial charge >= 0.3 is 0 Å². The summed E-state index contributed by atoms with van der Waals surface area (Å²) in [7, 11) is 1.81. The number of anilines is 1. The van der Waals surface area contributed by atoms with E-state index in [1.807, 2.05) is 32.2 Å². The minimum atomic E-state index is -0.849. The van der Waals surface area contributed by atoms with Gasteiger partial charge in [-0.1, -0.05) is 41.1 Å². The zero-order chi connectivity index (χ0) is 13.6. The molecule has 1 amide bonds. The second-order valence-corrected chi connectivity index (χ2v) is 6.03. The topological polar surface area (TPSA) is 29.5 Å². The average Bonchev–Trinajstić information content (AvgIpc) is 2.55. The van der Waals surface area contributed by atoms with Crippen LogP contribution in [0.25, 0.3) is 0 Å². The van der Waals surface area contributed by atoms with Crippen molar-refractivity contribution in [1.29, 1.82) is 0 Å². The molecule has 1 spiro atoms. The first-order valence-electron chi connectivity index (χ1n) is 6.46. The van der Waals surface area contributed by atoms with E-state index in [4.69, 9.17) is 4.74 Å². The monoisotopic (exact) mass is 321 g/mol. The lowest BCUT2D eigenvalue weighted by atomic mass is 9.83. The molecule has 0 radical (unpaired) electrons. The van der Waals surface area contributed by atoms with Crippen LogP contribution in [0.15, 0.2) is 34.8 Å². The number of amides is 1. The highest BCUT2D eigenvalue weighted by molar-refractivity contribution is 9.10. The van der Waals surface area contributed by atoms with E-state index in [0.29, 0.717) is 6.61 Å². The normalized spacial score (nSPS) is 29.7. The zero-order valence-electron chi connectivity index (χ0n) is 11.0. The Bertz CT molecular complexity index is 569. The third-order valence-corrected chi connectivity index (χ3v) is 4.52. The Morgan fingerprint density at radius 2 is 2.26 bits per heavy atom. The molecule has 0 unspecified atom stereocenters. The number of fused-ring (bicyclic) bond motifs is 2. The standard InChI is InChI=1S/C15H16BrNO2/c1-10-5-3-4-8-19-15(10)12-7-6-11(16)9-13(12)17(2)14(15)18/h3,5-7,9-10H,4,8H2,1-2H3/t10-,15-/m1/s1. The molecule has 4 heteroatoms. The maximum atomic E-state index is 12.8. The van der Waals surface area contributed by atoms with Crippen molar-refractivity contribution >= 4 is 27.5 Å². The van der Waals surface area contributed by atoms with Crippen molar-refractivity contribution < 1.29 is 9.53 Å². The van der Waals surface area contributed by atoms with E-state index in [-0.39, 0.29) is 11.8 Å². The lowest BCUT2D eigenvalue weighted by molar-refractivity contribution is -0.148. The van der Waals surface area contributed by atoms with Crippen molar-refractivity contribution in [3.63, 3.8) is 0 Å². The molecule has 0 N–H and O–H groups in total. The van der Waals surface area contributed by atoms with E-state index in [9.17, 15) is 4.79 Å². The summed E-state index contributed by atoms with van der Waals surface area (Å²) in [4.78, 5) is 14.5. The molecule has 100 valence electrons. The summed E-state index contributed by atoms with van der Waals surface area (Å²) in [5.41, 5.74) is 1.06. The van der Waals surface area contributed by atoms with Crippen molar-refractivity contribution in [2.75, 3.05) is 18.6 Å². The van der Waals surface area contributed by atoms with Gasteiger partial charge < -0.3 is 9.64 Å². The fourth-order valence-corrected chi connectivity index (χ4v) is 3.35. The lowest BCUT2D eigenvalue weighted by Crippen LogP contribution is -2.45. The highest BCUT2D eigenvalue weighted by atomic mass is 79.9. The van der Waals surface area contributed by atoms with Crippen LogP contribution in [0.3, 0.4) is 0 Å². The maximum absolute atomic E-state index is 12.8. The highest BCUT2D eigenvalue weighted by Gasteiger charge is 2.54. The molecule has 0 saturated heterocycles.